The fourth-order valence-corrected chi connectivity index (χ4v) is 6.34. The highest BCUT2D eigenvalue weighted by Crippen LogP contribution is 2.40. The van der Waals surface area contributed by atoms with Gasteiger partial charge >= 0.3 is 0 Å². The molecule has 0 aliphatic carbocycles. The van der Waals surface area contributed by atoms with E-state index in [9.17, 15) is 13.2 Å². The minimum absolute atomic E-state index is 0.130. The normalized spacial score (nSPS) is 15.5. The number of sulfonamides is 1. The van der Waals surface area contributed by atoms with Crippen LogP contribution in [0.2, 0.25) is 5.02 Å². The van der Waals surface area contributed by atoms with Gasteiger partial charge in [-0.3, -0.25) is 14.4 Å². The van der Waals surface area contributed by atoms with E-state index in [0.29, 0.717) is 21.5 Å². The zero-order valence-corrected chi connectivity index (χ0v) is 23.3. The molecule has 0 unspecified atom stereocenters. The lowest BCUT2D eigenvalue weighted by molar-refractivity contribution is -0.122. The third-order valence-electron chi connectivity index (χ3n) is 6.06. The van der Waals surface area contributed by atoms with Gasteiger partial charge in [-0.1, -0.05) is 80.1 Å². The van der Waals surface area contributed by atoms with Crippen LogP contribution < -0.4 is 14.4 Å². The number of nitrogens with zero attached hydrogens (tertiary/aromatic N) is 3. The fraction of sp³-hybridized carbons (Fsp3) is 0.222. The van der Waals surface area contributed by atoms with Gasteiger partial charge in [0.1, 0.15) is 10.8 Å². The van der Waals surface area contributed by atoms with Crippen molar-refractivity contribution in [1.82, 2.24) is 10.2 Å². The summed E-state index contributed by atoms with van der Waals surface area (Å²) in [4.78, 5) is 13.4. The summed E-state index contributed by atoms with van der Waals surface area (Å²) in [5.74, 6) is -0.217. The molecule has 196 valence electrons. The van der Waals surface area contributed by atoms with Crippen LogP contribution >= 0.6 is 22.9 Å². The highest BCUT2D eigenvalue weighted by atomic mass is 35.5. The molecule has 0 spiro atoms. The third kappa shape index (κ3) is 5.24. The monoisotopic (exact) mass is 568 g/mol. The summed E-state index contributed by atoms with van der Waals surface area (Å²) >= 11 is 7.15. The van der Waals surface area contributed by atoms with Gasteiger partial charge in [0.2, 0.25) is 5.13 Å². The molecule has 1 aliphatic heterocycles. The van der Waals surface area contributed by atoms with Crippen molar-refractivity contribution >= 4 is 49.7 Å². The number of aromatic nitrogens is 2. The first-order valence-electron chi connectivity index (χ1n) is 11.8. The van der Waals surface area contributed by atoms with Gasteiger partial charge in [0.15, 0.2) is 6.10 Å². The molecule has 4 aromatic rings. The van der Waals surface area contributed by atoms with E-state index in [0.717, 1.165) is 11.1 Å². The van der Waals surface area contributed by atoms with Crippen LogP contribution in [0.4, 0.5) is 10.8 Å². The molecule has 3 aromatic carbocycles. The molecule has 11 heteroatoms. The van der Waals surface area contributed by atoms with Crippen molar-refractivity contribution in [2.24, 2.45) is 0 Å². The number of halogens is 1. The lowest BCUT2D eigenvalue weighted by Crippen LogP contribution is -2.49. The predicted molar refractivity (Wildman–Crippen MR) is 150 cm³/mol. The maximum Gasteiger partial charge on any atom is 0.269 e. The van der Waals surface area contributed by atoms with Crippen LogP contribution in [0.5, 0.6) is 5.75 Å². The van der Waals surface area contributed by atoms with Crippen molar-refractivity contribution in [3.05, 3.63) is 83.4 Å². The summed E-state index contributed by atoms with van der Waals surface area (Å²) in [6, 6.07) is 20.7. The van der Waals surface area contributed by atoms with Gasteiger partial charge in [0.05, 0.1) is 17.1 Å². The molecule has 1 N–H and O–H groups in total. The van der Waals surface area contributed by atoms with Gasteiger partial charge in [-0.15, -0.1) is 10.2 Å². The quantitative estimate of drug-likeness (QED) is 0.329. The van der Waals surface area contributed by atoms with E-state index in [1.54, 1.807) is 36.4 Å². The van der Waals surface area contributed by atoms with Gasteiger partial charge < -0.3 is 4.74 Å². The van der Waals surface area contributed by atoms with Gasteiger partial charge in [0.25, 0.3) is 15.9 Å². The van der Waals surface area contributed by atoms with E-state index < -0.39 is 22.0 Å². The summed E-state index contributed by atoms with van der Waals surface area (Å²) in [7, 11) is -3.98. The Bertz CT molecular complexity index is 1580. The molecular weight excluding hydrogens is 544 g/mol. The van der Waals surface area contributed by atoms with Crippen LogP contribution in [0.3, 0.4) is 0 Å². The Labute approximate surface area is 230 Å². The molecule has 8 nitrogen and oxygen atoms in total. The lowest BCUT2D eigenvalue weighted by atomic mass is 9.86. The van der Waals surface area contributed by atoms with Gasteiger partial charge in [-0.25, -0.2) is 8.42 Å². The fourth-order valence-electron chi connectivity index (χ4n) is 3.97. The molecule has 0 radical (unpaired) electrons. The molecule has 2 heterocycles. The first-order valence-corrected chi connectivity index (χ1v) is 14.4. The molecule has 5 rings (SSSR count). The number of benzene rings is 3. The Morgan fingerprint density at radius 2 is 1.76 bits per heavy atom. The van der Waals surface area contributed by atoms with E-state index >= 15 is 0 Å². The number of hydrogen-bond donors (Lipinski definition) is 1. The van der Waals surface area contributed by atoms with Crippen molar-refractivity contribution in [1.29, 1.82) is 0 Å². The molecular formula is C27H25ClN4O4S2. The van der Waals surface area contributed by atoms with E-state index in [1.807, 2.05) is 45.0 Å². The second kappa shape index (κ2) is 10.0. The number of amides is 1. The summed E-state index contributed by atoms with van der Waals surface area (Å²) < 4.78 is 34.7. The topological polar surface area (TPSA) is 101 Å². The second-order valence-corrected chi connectivity index (χ2v) is 13.1. The predicted octanol–water partition coefficient (Wildman–Crippen LogP) is 5.75. The third-order valence-corrected chi connectivity index (χ3v) is 9.00. The number of hydrogen-bond acceptors (Lipinski definition) is 7. The molecule has 38 heavy (non-hydrogen) atoms. The van der Waals surface area contributed by atoms with E-state index in [4.69, 9.17) is 16.3 Å². The van der Waals surface area contributed by atoms with E-state index in [1.165, 1.54) is 27.8 Å². The summed E-state index contributed by atoms with van der Waals surface area (Å²) in [5, 5.41) is 12.4. The number of carbonyl (C=O) groups excluding carboxylic acids is 1. The molecule has 0 fully saturated rings. The molecule has 1 amide bonds. The smallest absolute Gasteiger partial charge is 0.269 e. The Kier molecular flexibility index (Phi) is 6.89. The zero-order chi connectivity index (χ0) is 27.1. The Morgan fingerprint density at radius 3 is 2.45 bits per heavy atom. The Balaban J connectivity index is 1.45. The summed E-state index contributed by atoms with van der Waals surface area (Å²) in [6.07, 6.45) is -1.11. The number of ether oxygens (including phenoxy) is 1. The first kappa shape index (κ1) is 26.1. The van der Waals surface area contributed by atoms with Crippen LogP contribution in [-0.4, -0.2) is 37.2 Å². The average molecular weight is 569 g/mol. The van der Waals surface area contributed by atoms with Crippen LogP contribution in [0, 0.1) is 0 Å². The van der Waals surface area contributed by atoms with Gasteiger partial charge in [-0.2, -0.15) is 0 Å². The SMILES string of the molecule is CC(C)(C)c1ccc2c(c1)N(S(=O)(=O)c1ccccc1)C[C@@H](C(=O)Nc1nnc(-c3ccc(Cl)cc3)s1)O2. The van der Waals surface area contributed by atoms with Crippen molar-refractivity contribution in [2.75, 3.05) is 16.2 Å². The van der Waals surface area contributed by atoms with Crippen LogP contribution in [-0.2, 0) is 20.2 Å². The minimum atomic E-state index is -3.98. The molecule has 1 atom stereocenters. The molecule has 1 aromatic heterocycles. The summed E-state index contributed by atoms with van der Waals surface area (Å²) in [5.41, 5.74) is 1.93. The highest BCUT2D eigenvalue weighted by Gasteiger charge is 2.38. The van der Waals surface area contributed by atoms with E-state index in [-0.39, 0.29) is 22.0 Å². The maximum absolute atomic E-state index is 13.7. The van der Waals surface area contributed by atoms with Gasteiger partial charge in [-0.05, 0) is 47.4 Å². The standard InChI is InChI=1S/C27H25ClN4O4S2/c1-27(2,3)18-11-14-22-21(15-18)32(38(34,35)20-7-5-4-6-8-20)16-23(36-22)24(33)29-26-31-30-25(37-26)17-9-12-19(28)13-10-17/h4-15,23H,16H2,1-3H3,(H,29,31,33)/t23-/m0/s1. The lowest BCUT2D eigenvalue weighted by Gasteiger charge is -2.35. The van der Waals surface area contributed by atoms with Crippen molar-refractivity contribution in [2.45, 2.75) is 37.2 Å². The molecule has 0 saturated heterocycles. The number of carbonyl (C=O) groups is 1. The maximum atomic E-state index is 13.7. The van der Waals surface area contributed by atoms with Crippen molar-refractivity contribution < 1.29 is 17.9 Å². The zero-order valence-electron chi connectivity index (χ0n) is 20.9. The number of rotatable bonds is 5. The Morgan fingerprint density at radius 1 is 1.05 bits per heavy atom. The molecule has 0 bridgehead atoms. The van der Waals surface area contributed by atoms with E-state index in [2.05, 4.69) is 15.5 Å². The minimum Gasteiger partial charge on any atom is -0.476 e. The second-order valence-electron chi connectivity index (χ2n) is 9.80. The van der Waals surface area contributed by atoms with Gasteiger partial charge in [0, 0.05) is 10.6 Å². The molecule has 1 aliphatic rings. The van der Waals surface area contributed by atoms with Crippen LogP contribution in [0.15, 0.2) is 77.7 Å². The number of nitrogens with one attached hydrogen (secondary N) is 1. The Hall–Kier alpha value is -3.47. The van der Waals surface area contributed by atoms with Crippen LogP contribution in [0.25, 0.3) is 10.6 Å². The molecule has 0 saturated carbocycles. The first-order chi connectivity index (χ1) is 18.0. The summed E-state index contributed by atoms with van der Waals surface area (Å²) in [6.45, 7) is 5.94. The van der Waals surface area contributed by atoms with Crippen molar-refractivity contribution in [3.63, 3.8) is 0 Å². The van der Waals surface area contributed by atoms with Crippen molar-refractivity contribution in [3.8, 4) is 16.3 Å². The average Bonchev–Trinajstić information content (AvgIpc) is 3.36. The highest BCUT2D eigenvalue weighted by molar-refractivity contribution is 7.92. The van der Waals surface area contributed by atoms with Crippen LogP contribution in [0.1, 0.15) is 26.3 Å². The number of anilines is 2. The number of fused-ring (bicyclic) bond motifs is 1. The largest absolute Gasteiger partial charge is 0.476 e.